The molecule has 0 unspecified atom stereocenters. The molecule has 0 spiro atoms. The van der Waals surface area contributed by atoms with Crippen molar-refractivity contribution in [3.8, 4) is 0 Å². The molecule has 0 saturated carbocycles. The summed E-state index contributed by atoms with van der Waals surface area (Å²) >= 11 is 11.7. The van der Waals surface area contributed by atoms with E-state index in [0.29, 0.717) is 21.2 Å². The molecule has 0 aliphatic rings. The number of benzene rings is 2. The summed E-state index contributed by atoms with van der Waals surface area (Å²) in [4.78, 5) is 35.4. The molecule has 0 saturated heterocycles. The highest BCUT2D eigenvalue weighted by Gasteiger charge is 2.10. The highest BCUT2D eigenvalue weighted by atomic mass is 35.5. The summed E-state index contributed by atoms with van der Waals surface area (Å²) in [5.41, 5.74) is 5.25. The summed E-state index contributed by atoms with van der Waals surface area (Å²) in [5, 5.41) is 3.43. The molecule has 3 N–H and O–H groups in total. The van der Waals surface area contributed by atoms with Crippen LogP contribution in [0, 0.1) is 0 Å². The Labute approximate surface area is 154 Å². The van der Waals surface area contributed by atoms with Gasteiger partial charge in [0.2, 0.25) is 5.91 Å². The smallest absolute Gasteiger partial charge is 0.269 e. The van der Waals surface area contributed by atoms with E-state index in [9.17, 15) is 14.4 Å². The molecule has 6 nitrogen and oxygen atoms in total. The Morgan fingerprint density at radius 1 is 0.840 bits per heavy atom. The quantitative estimate of drug-likeness (QED) is 0.697. The monoisotopic (exact) mass is 379 g/mol. The van der Waals surface area contributed by atoms with Gasteiger partial charge in [0, 0.05) is 23.6 Å². The average Bonchev–Trinajstić information content (AvgIpc) is 2.60. The van der Waals surface area contributed by atoms with Crippen LogP contribution in [0.5, 0.6) is 0 Å². The molecule has 0 atom stereocenters. The van der Waals surface area contributed by atoms with Crippen LogP contribution in [0.1, 0.15) is 27.1 Å². The van der Waals surface area contributed by atoms with Gasteiger partial charge in [-0.3, -0.25) is 25.2 Å². The summed E-state index contributed by atoms with van der Waals surface area (Å²) in [6, 6.07) is 12.8. The fourth-order valence-electron chi connectivity index (χ4n) is 1.89. The molecule has 0 fully saturated rings. The first-order valence-electron chi connectivity index (χ1n) is 7.35. The van der Waals surface area contributed by atoms with Gasteiger partial charge in [0.05, 0.1) is 10.6 Å². The third-order valence-corrected chi connectivity index (χ3v) is 3.76. The molecular formula is C17H15Cl2N3O3. The predicted molar refractivity (Wildman–Crippen MR) is 95.5 cm³/mol. The standard InChI is InChI=1S/C17H15Cl2N3O3/c18-12-7-5-11(6-8-12)16(24)22-21-15(23)9-10-20-17(25)13-3-1-2-4-14(13)19/h1-8H,9-10H2,(H,20,25)(H,21,23)(H,22,24). The fraction of sp³-hybridized carbons (Fsp3) is 0.118. The Bertz CT molecular complexity index is 779. The van der Waals surface area contributed by atoms with Crippen LogP contribution in [0.3, 0.4) is 0 Å². The van der Waals surface area contributed by atoms with Crippen molar-refractivity contribution >= 4 is 40.9 Å². The fourth-order valence-corrected chi connectivity index (χ4v) is 2.24. The lowest BCUT2D eigenvalue weighted by atomic mass is 10.2. The molecule has 25 heavy (non-hydrogen) atoms. The summed E-state index contributed by atoms with van der Waals surface area (Å²) in [6.45, 7) is 0.104. The van der Waals surface area contributed by atoms with Crippen molar-refractivity contribution < 1.29 is 14.4 Å². The molecule has 0 radical (unpaired) electrons. The highest BCUT2D eigenvalue weighted by molar-refractivity contribution is 6.33. The van der Waals surface area contributed by atoms with E-state index in [-0.39, 0.29) is 18.9 Å². The minimum Gasteiger partial charge on any atom is -0.351 e. The van der Waals surface area contributed by atoms with E-state index < -0.39 is 11.8 Å². The van der Waals surface area contributed by atoms with Crippen LogP contribution in [0.2, 0.25) is 10.0 Å². The maximum Gasteiger partial charge on any atom is 0.269 e. The zero-order chi connectivity index (χ0) is 18.2. The normalized spacial score (nSPS) is 10.0. The van der Waals surface area contributed by atoms with E-state index in [2.05, 4.69) is 16.2 Å². The summed E-state index contributed by atoms with van der Waals surface area (Å²) in [6.07, 6.45) is -0.00289. The Balaban J connectivity index is 1.72. The first-order valence-corrected chi connectivity index (χ1v) is 8.10. The molecule has 0 aliphatic carbocycles. The maximum absolute atomic E-state index is 11.9. The molecule has 130 valence electrons. The molecule has 0 aromatic heterocycles. The van der Waals surface area contributed by atoms with Crippen LogP contribution in [0.25, 0.3) is 0 Å². The van der Waals surface area contributed by atoms with Gasteiger partial charge in [-0.05, 0) is 36.4 Å². The lowest BCUT2D eigenvalue weighted by molar-refractivity contribution is -0.121. The largest absolute Gasteiger partial charge is 0.351 e. The number of amides is 3. The second-order valence-corrected chi connectivity index (χ2v) is 5.84. The van der Waals surface area contributed by atoms with Gasteiger partial charge >= 0.3 is 0 Å². The second-order valence-electron chi connectivity index (χ2n) is 4.99. The van der Waals surface area contributed by atoms with Gasteiger partial charge in [0.15, 0.2) is 0 Å². The maximum atomic E-state index is 11.9. The molecule has 2 aromatic rings. The zero-order valence-electron chi connectivity index (χ0n) is 13.0. The van der Waals surface area contributed by atoms with E-state index in [1.807, 2.05) is 0 Å². The van der Waals surface area contributed by atoms with Gasteiger partial charge in [-0.25, -0.2) is 0 Å². The lowest BCUT2D eigenvalue weighted by Gasteiger charge is -2.09. The van der Waals surface area contributed by atoms with Gasteiger partial charge < -0.3 is 5.32 Å². The lowest BCUT2D eigenvalue weighted by Crippen LogP contribution is -2.42. The van der Waals surface area contributed by atoms with E-state index >= 15 is 0 Å². The number of hydrogen-bond donors (Lipinski definition) is 3. The number of halogens is 2. The minimum absolute atomic E-state index is 0.00289. The van der Waals surface area contributed by atoms with Crippen molar-refractivity contribution in [1.29, 1.82) is 0 Å². The Hall–Kier alpha value is -2.57. The number of nitrogens with one attached hydrogen (secondary N) is 3. The van der Waals surface area contributed by atoms with Crippen LogP contribution >= 0.6 is 23.2 Å². The second kappa shape index (κ2) is 9.05. The van der Waals surface area contributed by atoms with Crippen molar-refractivity contribution in [1.82, 2.24) is 16.2 Å². The van der Waals surface area contributed by atoms with Crippen LogP contribution in [0.15, 0.2) is 48.5 Å². The third kappa shape index (κ3) is 5.77. The van der Waals surface area contributed by atoms with E-state index in [1.165, 1.54) is 12.1 Å². The molecule has 0 bridgehead atoms. The zero-order valence-corrected chi connectivity index (χ0v) is 14.5. The SMILES string of the molecule is O=C(CCNC(=O)c1ccccc1Cl)NNC(=O)c1ccc(Cl)cc1. The molecule has 3 amide bonds. The number of carbonyl (C=O) groups excluding carboxylic acids is 3. The van der Waals surface area contributed by atoms with Crippen molar-refractivity contribution in [3.05, 3.63) is 69.7 Å². The summed E-state index contributed by atoms with van der Waals surface area (Å²) in [5.74, 6) is -1.28. The van der Waals surface area contributed by atoms with Crippen molar-refractivity contribution in [2.24, 2.45) is 0 Å². The number of hydrazine groups is 1. The topological polar surface area (TPSA) is 87.3 Å². The van der Waals surface area contributed by atoms with Crippen LogP contribution < -0.4 is 16.2 Å². The Morgan fingerprint density at radius 3 is 2.20 bits per heavy atom. The van der Waals surface area contributed by atoms with Gasteiger partial charge in [-0.2, -0.15) is 0 Å². The molecule has 0 heterocycles. The third-order valence-electron chi connectivity index (χ3n) is 3.18. The van der Waals surface area contributed by atoms with Crippen molar-refractivity contribution in [2.45, 2.75) is 6.42 Å². The number of carbonyl (C=O) groups is 3. The molecular weight excluding hydrogens is 365 g/mol. The first-order chi connectivity index (χ1) is 12.0. The Morgan fingerprint density at radius 2 is 1.52 bits per heavy atom. The van der Waals surface area contributed by atoms with Gasteiger partial charge in [0.25, 0.3) is 11.8 Å². The average molecular weight is 380 g/mol. The Kier molecular flexibility index (Phi) is 6.80. The van der Waals surface area contributed by atoms with Gasteiger partial charge in [-0.1, -0.05) is 35.3 Å². The van der Waals surface area contributed by atoms with Crippen molar-refractivity contribution in [2.75, 3.05) is 6.54 Å². The molecule has 2 aromatic carbocycles. The minimum atomic E-state index is -0.467. The number of hydrogen-bond acceptors (Lipinski definition) is 3. The van der Waals surface area contributed by atoms with E-state index in [4.69, 9.17) is 23.2 Å². The summed E-state index contributed by atoms with van der Waals surface area (Å²) in [7, 11) is 0. The van der Waals surface area contributed by atoms with Crippen molar-refractivity contribution in [3.63, 3.8) is 0 Å². The molecule has 8 heteroatoms. The van der Waals surface area contributed by atoms with Gasteiger partial charge in [0.1, 0.15) is 0 Å². The highest BCUT2D eigenvalue weighted by Crippen LogP contribution is 2.14. The van der Waals surface area contributed by atoms with E-state index in [1.54, 1.807) is 36.4 Å². The molecule has 0 aliphatic heterocycles. The summed E-state index contributed by atoms with van der Waals surface area (Å²) < 4.78 is 0. The number of rotatable bonds is 5. The van der Waals surface area contributed by atoms with Gasteiger partial charge in [-0.15, -0.1) is 0 Å². The van der Waals surface area contributed by atoms with Crippen LogP contribution in [0.4, 0.5) is 0 Å². The predicted octanol–water partition coefficient (Wildman–Crippen LogP) is 2.57. The van der Waals surface area contributed by atoms with E-state index in [0.717, 1.165) is 0 Å². The van der Waals surface area contributed by atoms with Crippen LogP contribution in [-0.4, -0.2) is 24.3 Å². The first kappa shape index (κ1) is 18.8. The van der Waals surface area contributed by atoms with Crippen LogP contribution in [-0.2, 0) is 4.79 Å². The molecule has 2 rings (SSSR count).